The highest BCUT2D eigenvalue weighted by atomic mass is 79.9. The average Bonchev–Trinajstić information content (AvgIpc) is 2.36. The van der Waals surface area contributed by atoms with Crippen LogP contribution in [-0.2, 0) is 6.61 Å². The first kappa shape index (κ1) is 14.1. The van der Waals surface area contributed by atoms with E-state index in [1.807, 2.05) is 30.3 Å². The number of hydrogen-bond donors (Lipinski definition) is 2. The molecular weight excluding hydrogens is 314 g/mol. The van der Waals surface area contributed by atoms with Gasteiger partial charge in [-0.1, -0.05) is 46.3 Å². The fraction of sp³-hybridized carbons (Fsp3) is 0.0769. The molecule has 2 rings (SSSR count). The Morgan fingerprint density at radius 3 is 2.42 bits per heavy atom. The Balaban J connectivity index is 2.14. The Morgan fingerprint density at radius 1 is 1.16 bits per heavy atom. The number of halogens is 2. The highest BCUT2D eigenvalue weighted by Gasteiger charge is 2.21. The van der Waals surface area contributed by atoms with Crippen LogP contribution in [0, 0.1) is 5.82 Å². The van der Waals surface area contributed by atoms with Crippen molar-refractivity contribution in [3.05, 3.63) is 58.3 Å². The molecule has 0 heterocycles. The van der Waals surface area contributed by atoms with Crippen molar-refractivity contribution in [3.63, 3.8) is 0 Å². The summed E-state index contributed by atoms with van der Waals surface area (Å²) in [5.41, 5.74) is 0.761. The quantitative estimate of drug-likeness (QED) is 0.844. The average molecular weight is 325 g/mol. The van der Waals surface area contributed by atoms with Crippen molar-refractivity contribution in [3.8, 4) is 5.75 Å². The van der Waals surface area contributed by atoms with Crippen molar-refractivity contribution >= 4 is 28.5 Å². The molecule has 2 N–H and O–H groups in total. The third-order valence-corrected chi connectivity index (χ3v) is 3.22. The Kier molecular flexibility index (Phi) is 4.58. The van der Waals surface area contributed by atoms with Gasteiger partial charge in [-0.15, -0.1) is 0 Å². The largest absolute Gasteiger partial charge is 0.492 e. The molecule has 0 unspecified atom stereocenters. The molecule has 0 saturated heterocycles. The van der Waals surface area contributed by atoms with E-state index in [4.69, 9.17) is 14.8 Å². The Bertz CT molecular complexity index is 540. The summed E-state index contributed by atoms with van der Waals surface area (Å²) in [5.74, 6) is -0.412. The van der Waals surface area contributed by atoms with Crippen molar-refractivity contribution in [2.45, 2.75) is 6.61 Å². The van der Waals surface area contributed by atoms with Gasteiger partial charge >= 0.3 is 7.12 Å². The van der Waals surface area contributed by atoms with Crippen molar-refractivity contribution in [1.82, 2.24) is 0 Å². The van der Waals surface area contributed by atoms with E-state index < -0.39 is 12.9 Å². The van der Waals surface area contributed by atoms with Crippen LogP contribution in [0.5, 0.6) is 5.75 Å². The van der Waals surface area contributed by atoms with Gasteiger partial charge in [-0.25, -0.2) is 4.39 Å². The monoisotopic (exact) mass is 324 g/mol. The van der Waals surface area contributed by atoms with Gasteiger partial charge in [0.05, 0.1) is 0 Å². The molecule has 0 saturated carbocycles. The lowest BCUT2D eigenvalue weighted by Crippen LogP contribution is -2.33. The number of benzene rings is 2. The van der Waals surface area contributed by atoms with Gasteiger partial charge in [-0.05, 0) is 11.6 Å². The van der Waals surface area contributed by atoms with Crippen LogP contribution in [-0.4, -0.2) is 17.2 Å². The van der Waals surface area contributed by atoms with Crippen molar-refractivity contribution in [2.24, 2.45) is 0 Å². The van der Waals surface area contributed by atoms with Crippen LogP contribution in [0.4, 0.5) is 4.39 Å². The molecule has 0 radical (unpaired) electrons. The van der Waals surface area contributed by atoms with Gasteiger partial charge in [0, 0.05) is 16.0 Å². The fourth-order valence-electron chi connectivity index (χ4n) is 1.63. The molecule has 0 aliphatic rings. The first-order chi connectivity index (χ1) is 9.08. The molecule has 3 nitrogen and oxygen atoms in total. The number of hydrogen-bond acceptors (Lipinski definition) is 3. The second-order valence-corrected chi connectivity index (χ2v) is 4.80. The zero-order chi connectivity index (χ0) is 13.8. The van der Waals surface area contributed by atoms with Crippen LogP contribution in [0.1, 0.15) is 5.56 Å². The summed E-state index contributed by atoms with van der Waals surface area (Å²) in [4.78, 5) is 0. The van der Waals surface area contributed by atoms with Crippen molar-refractivity contribution < 1.29 is 19.2 Å². The molecule has 19 heavy (non-hydrogen) atoms. The summed E-state index contributed by atoms with van der Waals surface area (Å²) in [7, 11) is -1.86. The number of rotatable bonds is 4. The molecule has 0 aromatic heterocycles. The van der Waals surface area contributed by atoms with Crippen LogP contribution in [0.3, 0.4) is 0 Å². The predicted molar refractivity (Wildman–Crippen MR) is 74.7 cm³/mol. The van der Waals surface area contributed by atoms with Crippen LogP contribution in [0.25, 0.3) is 0 Å². The summed E-state index contributed by atoms with van der Waals surface area (Å²) in [6.45, 7) is 0.313. The maximum Gasteiger partial charge on any atom is 0.492 e. The highest BCUT2D eigenvalue weighted by molar-refractivity contribution is 9.10. The fourth-order valence-corrected chi connectivity index (χ4v) is 2.25. The molecule has 6 heteroatoms. The van der Waals surface area contributed by atoms with Gasteiger partial charge < -0.3 is 14.8 Å². The van der Waals surface area contributed by atoms with Gasteiger partial charge in [0.2, 0.25) is 0 Å². The minimum Gasteiger partial charge on any atom is -0.489 e. The molecule has 0 fully saturated rings. The smallest absolute Gasteiger partial charge is 0.489 e. The zero-order valence-corrected chi connectivity index (χ0v) is 11.5. The van der Waals surface area contributed by atoms with Crippen molar-refractivity contribution in [1.29, 1.82) is 0 Å². The molecule has 0 atom stereocenters. The molecule has 0 spiro atoms. The Morgan fingerprint density at radius 2 is 1.84 bits per heavy atom. The van der Waals surface area contributed by atoms with E-state index in [-0.39, 0.29) is 9.94 Å². The maximum atomic E-state index is 13.7. The van der Waals surface area contributed by atoms with E-state index in [2.05, 4.69) is 15.9 Å². The summed E-state index contributed by atoms with van der Waals surface area (Å²) >= 11 is 3.08. The third-order valence-electron chi connectivity index (χ3n) is 2.56. The summed E-state index contributed by atoms with van der Waals surface area (Å²) < 4.78 is 19.4. The zero-order valence-electron chi connectivity index (χ0n) is 9.88. The van der Waals surface area contributed by atoms with E-state index >= 15 is 0 Å². The van der Waals surface area contributed by atoms with Gasteiger partial charge in [0.1, 0.15) is 18.2 Å². The standard InChI is InChI=1S/C13H11BBrFO3/c15-11-6-10(7-12(16)13(11)14(17)18)19-8-9-4-2-1-3-5-9/h1-7,17-18H,8H2. The first-order valence-corrected chi connectivity index (χ1v) is 6.39. The van der Waals surface area contributed by atoms with Crippen molar-refractivity contribution in [2.75, 3.05) is 0 Å². The van der Waals surface area contributed by atoms with Crippen LogP contribution in [0.15, 0.2) is 46.9 Å². The normalized spacial score (nSPS) is 10.3. The molecule has 98 valence electrons. The van der Waals surface area contributed by atoms with Gasteiger partial charge in [0.15, 0.2) is 0 Å². The lowest BCUT2D eigenvalue weighted by molar-refractivity contribution is 0.304. The third kappa shape index (κ3) is 3.56. The molecular formula is C13H11BBrFO3. The van der Waals surface area contributed by atoms with E-state index in [0.29, 0.717) is 12.4 Å². The van der Waals surface area contributed by atoms with E-state index in [0.717, 1.165) is 11.6 Å². The molecule has 0 amide bonds. The Labute approximate surface area is 118 Å². The second-order valence-electron chi connectivity index (χ2n) is 3.95. The lowest BCUT2D eigenvalue weighted by atomic mass is 9.80. The summed E-state index contributed by atoms with van der Waals surface area (Å²) in [6, 6.07) is 12.1. The van der Waals surface area contributed by atoms with Gasteiger partial charge in [-0.3, -0.25) is 0 Å². The van der Waals surface area contributed by atoms with Gasteiger partial charge in [-0.2, -0.15) is 0 Å². The molecule has 0 aliphatic heterocycles. The van der Waals surface area contributed by atoms with Crippen LogP contribution < -0.4 is 10.2 Å². The van der Waals surface area contributed by atoms with E-state index in [1.54, 1.807) is 0 Å². The second kappa shape index (κ2) is 6.19. The highest BCUT2D eigenvalue weighted by Crippen LogP contribution is 2.20. The minimum atomic E-state index is -1.86. The maximum absolute atomic E-state index is 13.7. The van der Waals surface area contributed by atoms with Crippen LogP contribution >= 0.6 is 15.9 Å². The minimum absolute atomic E-state index is 0.202. The Hall–Kier alpha value is -1.37. The van der Waals surface area contributed by atoms with E-state index in [9.17, 15) is 4.39 Å². The molecule has 0 bridgehead atoms. The first-order valence-electron chi connectivity index (χ1n) is 5.59. The number of ether oxygens (including phenoxy) is 1. The van der Waals surface area contributed by atoms with E-state index in [1.165, 1.54) is 6.07 Å². The summed E-state index contributed by atoms with van der Waals surface area (Å²) in [5, 5.41) is 18.1. The predicted octanol–water partition coefficient (Wildman–Crippen LogP) is 1.85. The molecule has 0 aliphatic carbocycles. The lowest BCUT2D eigenvalue weighted by Gasteiger charge is -2.10. The summed E-state index contributed by atoms with van der Waals surface area (Å²) in [6.07, 6.45) is 0. The van der Waals surface area contributed by atoms with Crippen LogP contribution in [0.2, 0.25) is 0 Å². The topological polar surface area (TPSA) is 49.7 Å². The molecule has 2 aromatic rings. The molecule has 2 aromatic carbocycles. The SMILES string of the molecule is OB(O)c1c(F)cc(OCc2ccccc2)cc1Br. The van der Waals surface area contributed by atoms with Gasteiger partial charge in [0.25, 0.3) is 0 Å².